The third kappa shape index (κ3) is 3.49. The summed E-state index contributed by atoms with van der Waals surface area (Å²) >= 11 is 1.41. The van der Waals surface area contributed by atoms with Crippen molar-refractivity contribution in [3.63, 3.8) is 0 Å². The van der Waals surface area contributed by atoms with Gasteiger partial charge in [-0.25, -0.2) is 4.98 Å². The number of nitrogens with zero attached hydrogens (tertiary/aromatic N) is 1. The molecule has 0 unspecified atom stereocenters. The van der Waals surface area contributed by atoms with Crippen LogP contribution in [0.4, 0.5) is 5.13 Å². The summed E-state index contributed by atoms with van der Waals surface area (Å²) in [7, 11) is 1.62. The van der Waals surface area contributed by atoms with Crippen molar-refractivity contribution in [3.05, 3.63) is 48.0 Å². The van der Waals surface area contributed by atoms with Gasteiger partial charge in [0.05, 0.1) is 29.5 Å². The lowest BCUT2D eigenvalue weighted by Gasteiger charge is -2.09. The molecule has 124 valence electrons. The average Bonchev–Trinajstić information content (AvgIpc) is 3.01. The second kappa shape index (κ2) is 7.31. The number of anilines is 1. The second-order valence-electron chi connectivity index (χ2n) is 5.15. The third-order valence-electron chi connectivity index (χ3n) is 3.41. The minimum absolute atomic E-state index is 0.229. The van der Waals surface area contributed by atoms with Gasteiger partial charge in [0.2, 0.25) is 0 Å². The summed E-state index contributed by atoms with van der Waals surface area (Å²) in [5.74, 6) is 1.12. The normalized spacial score (nSPS) is 10.6. The Morgan fingerprint density at radius 2 is 2.08 bits per heavy atom. The van der Waals surface area contributed by atoms with Crippen LogP contribution >= 0.6 is 11.3 Å². The summed E-state index contributed by atoms with van der Waals surface area (Å²) in [5, 5.41) is 3.40. The van der Waals surface area contributed by atoms with Crippen LogP contribution in [0.3, 0.4) is 0 Å². The van der Waals surface area contributed by atoms with Crippen molar-refractivity contribution in [3.8, 4) is 11.5 Å². The molecule has 0 aliphatic carbocycles. The Morgan fingerprint density at radius 3 is 2.88 bits per heavy atom. The molecule has 1 aromatic heterocycles. The first-order valence-electron chi connectivity index (χ1n) is 7.69. The molecule has 0 atom stereocenters. The minimum Gasteiger partial charge on any atom is -0.497 e. The molecule has 1 heterocycles. The summed E-state index contributed by atoms with van der Waals surface area (Å²) in [6, 6.07) is 12.8. The lowest BCUT2D eigenvalue weighted by molar-refractivity contribution is 0.102. The Labute approximate surface area is 144 Å². The van der Waals surface area contributed by atoms with Gasteiger partial charge in [-0.2, -0.15) is 0 Å². The van der Waals surface area contributed by atoms with Crippen LogP contribution in [0.2, 0.25) is 0 Å². The van der Waals surface area contributed by atoms with Crippen molar-refractivity contribution in [2.75, 3.05) is 19.0 Å². The maximum atomic E-state index is 12.5. The van der Waals surface area contributed by atoms with Crippen LogP contribution in [0.15, 0.2) is 42.5 Å². The maximum absolute atomic E-state index is 12.5. The standard InChI is InChI=1S/C18H18N2O3S/c1-3-10-23-15-7-5-4-6-13(15)17(21)20-18-19-14-9-8-12(22-2)11-16(14)24-18/h4-9,11H,3,10H2,1-2H3,(H,19,20,21). The number of para-hydroxylation sites is 1. The maximum Gasteiger partial charge on any atom is 0.261 e. The molecule has 0 bridgehead atoms. The lowest BCUT2D eigenvalue weighted by Crippen LogP contribution is -2.13. The molecule has 0 spiro atoms. The Bertz CT molecular complexity index is 860. The molecule has 24 heavy (non-hydrogen) atoms. The van der Waals surface area contributed by atoms with Crippen LogP contribution in [-0.4, -0.2) is 24.6 Å². The average molecular weight is 342 g/mol. The summed E-state index contributed by atoms with van der Waals surface area (Å²) in [6.07, 6.45) is 0.885. The van der Waals surface area contributed by atoms with Crippen LogP contribution < -0.4 is 14.8 Å². The number of aromatic nitrogens is 1. The van der Waals surface area contributed by atoms with Crippen molar-refractivity contribution in [1.29, 1.82) is 0 Å². The van der Waals surface area contributed by atoms with Gasteiger partial charge in [0.15, 0.2) is 5.13 Å². The van der Waals surface area contributed by atoms with Crippen molar-refractivity contribution in [1.82, 2.24) is 4.98 Å². The monoisotopic (exact) mass is 342 g/mol. The Hall–Kier alpha value is -2.60. The fourth-order valence-corrected chi connectivity index (χ4v) is 3.13. The molecular formula is C18H18N2O3S. The summed E-state index contributed by atoms with van der Waals surface area (Å²) in [4.78, 5) is 17.0. The number of hydrogen-bond donors (Lipinski definition) is 1. The van der Waals surface area contributed by atoms with Gasteiger partial charge in [0.25, 0.3) is 5.91 Å². The molecule has 0 radical (unpaired) electrons. The van der Waals surface area contributed by atoms with E-state index >= 15 is 0 Å². The van der Waals surface area contributed by atoms with Gasteiger partial charge in [-0.1, -0.05) is 30.4 Å². The van der Waals surface area contributed by atoms with E-state index in [1.807, 2.05) is 37.3 Å². The highest BCUT2D eigenvalue weighted by atomic mass is 32.1. The van der Waals surface area contributed by atoms with E-state index in [9.17, 15) is 4.79 Å². The Balaban J connectivity index is 1.82. The Kier molecular flexibility index (Phi) is 4.96. The molecular weight excluding hydrogens is 324 g/mol. The Morgan fingerprint density at radius 1 is 1.25 bits per heavy atom. The quantitative estimate of drug-likeness (QED) is 0.723. The number of nitrogens with one attached hydrogen (secondary N) is 1. The topological polar surface area (TPSA) is 60.5 Å². The number of hydrogen-bond acceptors (Lipinski definition) is 5. The van der Waals surface area contributed by atoms with Gasteiger partial charge in [-0.15, -0.1) is 0 Å². The second-order valence-corrected chi connectivity index (χ2v) is 6.18. The third-order valence-corrected chi connectivity index (χ3v) is 4.34. The number of benzene rings is 2. The first kappa shape index (κ1) is 16.3. The number of thiazole rings is 1. The van der Waals surface area contributed by atoms with Crippen LogP contribution in [0.1, 0.15) is 23.7 Å². The fraction of sp³-hybridized carbons (Fsp3) is 0.222. The zero-order valence-electron chi connectivity index (χ0n) is 13.5. The van der Waals surface area contributed by atoms with Gasteiger partial charge in [-0.3, -0.25) is 10.1 Å². The number of methoxy groups -OCH3 is 1. The highest BCUT2D eigenvalue weighted by Gasteiger charge is 2.14. The number of carbonyl (C=O) groups is 1. The first-order valence-corrected chi connectivity index (χ1v) is 8.50. The molecule has 1 amide bonds. The molecule has 0 aliphatic rings. The van der Waals surface area contributed by atoms with E-state index < -0.39 is 0 Å². The van der Waals surface area contributed by atoms with Gasteiger partial charge >= 0.3 is 0 Å². The lowest BCUT2D eigenvalue weighted by atomic mass is 10.2. The largest absolute Gasteiger partial charge is 0.497 e. The molecule has 2 aromatic carbocycles. The van der Waals surface area contributed by atoms with Gasteiger partial charge in [0.1, 0.15) is 11.5 Å². The van der Waals surface area contributed by atoms with Gasteiger partial charge in [0, 0.05) is 0 Å². The smallest absolute Gasteiger partial charge is 0.261 e. The molecule has 1 N–H and O–H groups in total. The fourth-order valence-electron chi connectivity index (χ4n) is 2.24. The van der Waals surface area contributed by atoms with Crippen molar-refractivity contribution in [2.45, 2.75) is 13.3 Å². The molecule has 0 saturated carbocycles. The number of carbonyl (C=O) groups excluding carboxylic acids is 1. The predicted molar refractivity (Wildman–Crippen MR) is 96.4 cm³/mol. The highest BCUT2D eigenvalue weighted by Crippen LogP contribution is 2.30. The van der Waals surface area contributed by atoms with Gasteiger partial charge < -0.3 is 9.47 Å². The summed E-state index contributed by atoms with van der Waals surface area (Å²) in [5.41, 5.74) is 1.33. The molecule has 0 fully saturated rings. The van der Waals surface area contributed by atoms with E-state index in [1.165, 1.54) is 11.3 Å². The number of amides is 1. The predicted octanol–water partition coefficient (Wildman–Crippen LogP) is 4.35. The molecule has 3 rings (SSSR count). The molecule has 6 heteroatoms. The van der Waals surface area contributed by atoms with Crippen molar-refractivity contribution < 1.29 is 14.3 Å². The van der Waals surface area contributed by atoms with E-state index in [-0.39, 0.29) is 5.91 Å². The number of rotatable bonds is 6. The zero-order valence-corrected chi connectivity index (χ0v) is 14.4. The van der Waals surface area contributed by atoms with E-state index in [4.69, 9.17) is 9.47 Å². The highest BCUT2D eigenvalue weighted by molar-refractivity contribution is 7.22. The van der Waals surface area contributed by atoms with Gasteiger partial charge in [-0.05, 0) is 36.8 Å². The van der Waals surface area contributed by atoms with E-state index in [0.717, 1.165) is 22.4 Å². The SMILES string of the molecule is CCCOc1ccccc1C(=O)Nc1nc2ccc(OC)cc2s1. The van der Waals surface area contributed by atoms with Crippen LogP contribution in [0.5, 0.6) is 11.5 Å². The van der Waals surface area contributed by atoms with Crippen LogP contribution in [0, 0.1) is 0 Å². The molecule has 3 aromatic rings. The van der Waals surface area contributed by atoms with Crippen molar-refractivity contribution >= 4 is 32.6 Å². The van der Waals surface area contributed by atoms with Crippen LogP contribution in [-0.2, 0) is 0 Å². The molecule has 0 saturated heterocycles. The summed E-state index contributed by atoms with van der Waals surface area (Å²) < 4.78 is 11.8. The zero-order chi connectivity index (χ0) is 16.9. The number of ether oxygens (including phenoxy) is 2. The van der Waals surface area contributed by atoms with E-state index in [0.29, 0.717) is 23.1 Å². The van der Waals surface area contributed by atoms with E-state index in [2.05, 4.69) is 10.3 Å². The minimum atomic E-state index is -0.229. The molecule has 0 aliphatic heterocycles. The number of fused-ring (bicyclic) bond motifs is 1. The molecule has 5 nitrogen and oxygen atoms in total. The van der Waals surface area contributed by atoms with Crippen molar-refractivity contribution in [2.24, 2.45) is 0 Å². The first-order chi connectivity index (χ1) is 11.7. The van der Waals surface area contributed by atoms with E-state index in [1.54, 1.807) is 19.2 Å². The van der Waals surface area contributed by atoms with Crippen LogP contribution in [0.25, 0.3) is 10.2 Å². The summed E-state index contributed by atoms with van der Waals surface area (Å²) in [6.45, 7) is 2.60.